The van der Waals surface area contributed by atoms with Gasteiger partial charge in [0, 0.05) is 16.6 Å². The third kappa shape index (κ3) is 3.01. The molecule has 0 aliphatic rings. The normalized spacial score (nSPS) is 14.3. The van der Waals surface area contributed by atoms with Gasteiger partial charge >= 0.3 is 0 Å². The average Bonchev–Trinajstić information content (AvgIpc) is 2.36. The number of fused-ring (bicyclic) bond motifs is 1. The Labute approximate surface area is 114 Å². The van der Waals surface area contributed by atoms with Crippen molar-refractivity contribution in [3.63, 3.8) is 0 Å². The molecule has 1 heterocycles. The van der Waals surface area contributed by atoms with E-state index in [4.69, 9.17) is 17.3 Å². The molecule has 1 aromatic carbocycles. The smallest absolute Gasteiger partial charge is 0.220 e. The van der Waals surface area contributed by atoms with Gasteiger partial charge in [-0.25, -0.2) is 0 Å². The van der Waals surface area contributed by atoms with Crippen LogP contribution in [0, 0.1) is 0 Å². The van der Waals surface area contributed by atoms with E-state index in [0.29, 0.717) is 21.5 Å². The van der Waals surface area contributed by atoms with Crippen LogP contribution in [0.5, 0.6) is 0 Å². The summed E-state index contributed by atoms with van der Waals surface area (Å²) in [5, 5.41) is 21.0. The first-order chi connectivity index (χ1) is 8.99. The molecule has 0 saturated carbocycles. The lowest BCUT2D eigenvalue weighted by Gasteiger charge is -2.18. The minimum absolute atomic E-state index is 0.307. The molecule has 2 atom stereocenters. The Kier molecular flexibility index (Phi) is 3.99. The van der Waals surface area contributed by atoms with E-state index in [-0.39, 0.29) is 6.42 Å². The summed E-state index contributed by atoms with van der Waals surface area (Å²) < 4.78 is 0. The van der Waals surface area contributed by atoms with Crippen molar-refractivity contribution in [1.82, 2.24) is 4.98 Å². The van der Waals surface area contributed by atoms with Crippen LogP contribution in [-0.4, -0.2) is 27.2 Å². The number of aliphatic hydroxyl groups excluding tert-OH is 2. The molecule has 2 rings (SSSR count). The standard InChI is InChI=1S/C13H13ClN2O3/c14-7-1-2-8-9(3-4-16-10(8)5-7)13(19)11(17)6-12(15)18/h1-5,11,13,17,19H,6H2,(H2,15,18). The largest absolute Gasteiger partial charge is 0.390 e. The number of hydrogen-bond acceptors (Lipinski definition) is 4. The predicted molar refractivity (Wildman–Crippen MR) is 71.5 cm³/mol. The fourth-order valence-corrected chi connectivity index (χ4v) is 2.09. The van der Waals surface area contributed by atoms with Crippen molar-refractivity contribution >= 4 is 28.4 Å². The van der Waals surface area contributed by atoms with Crippen LogP contribution in [0.4, 0.5) is 0 Å². The maximum absolute atomic E-state index is 10.8. The van der Waals surface area contributed by atoms with Gasteiger partial charge in [0.15, 0.2) is 0 Å². The molecule has 0 saturated heterocycles. The number of nitrogens with zero attached hydrogens (tertiary/aromatic N) is 1. The number of primary amides is 1. The fraction of sp³-hybridized carbons (Fsp3) is 0.231. The Balaban J connectivity index is 2.41. The molecule has 0 bridgehead atoms. The molecule has 1 aromatic heterocycles. The van der Waals surface area contributed by atoms with Gasteiger partial charge in [0.2, 0.25) is 5.91 Å². The number of nitrogens with two attached hydrogens (primary N) is 1. The summed E-state index contributed by atoms with van der Waals surface area (Å²) in [4.78, 5) is 14.9. The Hall–Kier alpha value is -1.69. The van der Waals surface area contributed by atoms with Crippen LogP contribution in [-0.2, 0) is 4.79 Å². The highest BCUT2D eigenvalue weighted by atomic mass is 35.5. The van der Waals surface area contributed by atoms with E-state index >= 15 is 0 Å². The summed E-state index contributed by atoms with van der Waals surface area (Å²) in [6.07, 6.45) is -1.26. The number of aliphatic hydroxyl groups is 2. The van der Waals surface area contributed by atoms with Gasteiger partial charge in [-0.2, -0.15) is 0 Å². The molecule has 0 fully saturated rings. The van der Waals surface area contributed by atoms with Gasteiger partial charge in [0.25, 0.3) is 0 Å². The Morgan fingerprint density at radius 1 is 1.37 bits per heavy atom. The number of carbonyl (C=O) groups excluding carboxylic acids is 1. The first-order valence-electron chi connectivity index (χ1n) is 5.67. The molecule has 19 heavy (non-hydrogen) atoms. The number of rotatable bonds is 4. The molecule has 100 valence electrons. The Bertz CT molecular complexity index is 618. The maximum Gasteiger partial charge on any atom is 0.220 e. The molecule has 2 unspecified atom stereocenters. The summed E-state index contributed by atoms with van der Waals surface area (Å²) in [7, 11) is 0. The van der Waals surface area contributed by atoms with E-state index in [9.17, 15) is 15.0 Å². The second kappa shape index (κ2) is 5.52. The third-order valence-corrected chi connectivity index (χ3v) is 3.07. The highest BCUT2D eigenvalue weighted by Crippen LogP contribution is 2.27. The van der Waals surface area contributed by atoms with Crippen molar-refractivity contribution in [3.8, 4) is 0 Å². The van der Waals surface area contributed by atoms with E-state index in [1.165, 1.54) is 6.20 Å². The number of pyridine rings is 1. The number of amides is 1. The summed E-state index contributed by atoms with van der Waals surface area (Å²) in [6.45, 7) is 0. The van der Waals surface area contributed by atoms with Gasteiger partial charge in [-0.3, -0.25) is 9.78 Å². The topological polar surface area (TPSA) is 96.4 Å². The second-order valence-corrected chi connectivity index (χ2v) is 4.68. The van der Waals surface area contributed by atoms with Crippen LogP contribution < -0.4 is 5.73 Å². The molecule has 6 heteroatoms. The van der Waals surface area contributed by atoms with Crippen LogP contribution in [0.25, 0.3) is 10.9 Å². The summed E-state index contributed by atoms with van der Waals surface area (Å²) >= 11 is 5.87. The van der Waals surface area contributed by atoms with Crippen molar-refractivity contribution in [1.29, 1.82) is 0 Å². The molecule has 0 aliphatic heterocycles. The monoisotopic (exact) mass is 280 g/mol. The zero-order valence-corrected chi connectivity index (χ0v) is 10.7. The lowest BCUT2D eigenvalue weighted by Crippen LogP contribution is -2.25. The second-order valence-electron chi connectivity index (χ2n) is 4.24. The van der Waals surface area contributed by atoms with Gasteiger partial charge in [-0.15, -0.1) is 0 Å². The maximum atomic E-state index is 10.8. The molecule has 0 aliphatic carbocycles. The van der Waals surface area contributed by atoms with E-state index < -0.39 is 18.1 Å². The molecular formula is C13H13ClN2O3. The lowest BCUT2D eigenvalue weighted by molar-refractivity contribution is -0.121. The Morgan fingerprint density at radius 3 is 2.79 bits per heavy atom. The SMILES string of the molecule is NC(=O)CC(O)C(O)c1ccnc2cc(Cl)ccc12. The fourth-order valence-electron chi connectivity index (χ4n) is 1.93. The molecule has 4 N–H and O–H groups in total. The first-order valence-corrected chi connectivity index (χ1v) is 6.05. The molecule has 5 nitrogen and oxygen atoms in total. The van der Waals surface area contributed by atoms with Crippen LogP contribution in [0.2, 0.25) is 5.02 Å². The van der Waals surface area contributed by atoms with E-state index in [2.05, 4.69) is 4.98 Å². The van der Waals surface area contributed by atoms with E-state index in [1.54, 1.807) is 24.3 Å². The molecule has 0 radical (unpaired) electrons. The number of halogens is 1. The molecule has 0 spiro atoms. The minimum atomic E-state index is -1.25. The van der Waals surface area contributed by atoms with Crippen LogP contribution in [0.1, 0.15) is 18.1 Å². The first kappa shape index (κ1) is 13.7. The highest BCUT2D eigenvalue weighted by molar-refractivity contribution is 6.31. The van der Waals surface area contributed by atoms with Crippen LogP contribution >= 0.6 is 11.6 Å². The van der Waals surface area contributed by atoms with Crippen molar-refractivity contribution in [2.24, 2.45) is 5.73 Å². The third-order valence-electron chi connectivity index (χ3n) is 2.83. The quantitative estimate of drug-likeness (QED) is 0.783. The highest BCUT2D eigenvalue weighted by Gasteiger charge is 2.22. The van der Waals surface area contributed by atoms with E-state index in [0.717, 1.165) is 0 Å². The summed E-state index contributed by atoms with van der Waals surface area (Å²) in [5.41, 5.74) is 6.09. The Morgan fingerprint density at radius 2 is 2.11 bits per heavy atom. The molecule has 2 aromatic rings. The molecule has 1 amide bonds. The van der Waals surface area contributed by atoms with Crippen molar-refractivity contribution in [2.45, 2.75) is 18.6 Å². The van der Waals surface area contributed by atoms with Crippen LogP contribution in [0.3, 0.4) is 0 Å². The van der Waals surface area contributed by atoms with Gasteiger partial charge in [0.05, 0.1) is 18.0 Å². The van der Waals surface area contributed by atoms with Crippen molar-refractivity contribution < 1.29 is 15.0 Å². The number of benzene rings is 1. The number of carbonyl (C=O) groups is 1. The average molecular weight is 281 g/mol. The lowest BCUT2D eigenvalue weighted by atomic mass is 9.98. The van der Waals surface area contributed by atoms with Crippen LogP contribution in [0.15, 0.2) is 30.5 Å². The van der Waals surface area contributed by atoms with Gasteiger partial charge in [-0.1, -0.05) is 17.7 Å². The van der Waals surface area contributed by atoms with Crippen molar-refractivity contribution in [3.05, 3.63) is 41.0 Å². The van der Waals surface area contributed by atoms with Gasteiger partial charge in [0.1, 0.15) is 6.10 Å². The number of hydrogen-bond donors (Lipinski definition) is 3. The summed E-state index contributed by atoms with van der Waals surface area (Å²) in [5.74, 6) is -0.673. The van der Waals surface area contributed by atoms with Gasteiger partial charge < -0.3 is 15.9 Å². The summed E-state index contributed by atoms with van der Waals surface area (Å²) in [6, 6.07) is 6.63. The number of aromatic nitrogens is 1. The zero-order chi connectivity index (χ0) is 14.0. The zero-order valence-electron chi connectivity index (χ0n) is 9.95. The molecular weight excluding hydrogens is 268 g/mol. The van der Waals surface area contributed by atoms with E-state index in [1.807, 2.05) is 0 Å². The predicted octanol–water partition coefficient (Wildman–Crippen LogP) is 1.16. The van der Waals surface area contributed by atoms with Crippen molar-refractivity contribution in [2.75, 3.05) is 0 Å². The van der Waals surface area contributed by atoms with Gasteiger partial charge in [-0.05, 0) is 23.8 Å². The minimum Gasteiger partial charge on any atom is -0.390 e.